The molecule has 0 atom stereocenters. The Bertz CT molecular complexity index is 1030. The molecule has 2 fully saturated rings. The van der Waals surface area contributed by atoms with Crippen molar-refractivity contribution in [2.75, 3.05) is 0 Å². The van der Waals surface area contributed by atoms with E-state index in [1.54, 1.807) is 0 Å². The summed E-state index contributed by atoms with van der Waals surface area (Å²) < 4.78 is 31.5. The standard InChI is InChI=1S/C20H23F2N3O4/c21-20(22)8-6-14(7-9-20)25-29-19-23-17(27)16-13(10-12-4-2-1-3-5-12)11-15(26)28-18(16)24-19/h11-12H,1-10H2,(H,23,24,27). The van der Waals surface area contributed by atoms with Crippen molar-refractivity contribution in [3.8, 4) is 6.01 Å². The number of H-pyrrole nitrogens is 1. The molecule has 0 radical (unpaired) electrons. The third-order valence-electron chi connectivity index (χ3n) is 5.73. The summed E-state index contributed by atoms with van der Waals surface area (Å²) in [5, 5.41) is 4.08. The molecule has 4 rings (SSSR count). The van der Waals surface area contributed by atoms with E-state index in [9.17, 15) is 18.4 Å². The molecule has 0 aromatic carbocycles. The maximum absolute atomic E-state index is 13.2. The van der Waals surface area contributed by atoms with E-state index >= 15 is 0 Å². The zero-order valence-electron chi connectivity index (χ0n) is 16.0. The van der Waals surface area contributed by atoms with Crippen LogP contribution >= 0.6 is 0 Å². The minimum Gasteiger partial charge on any atom is -0.403 e. The molecule has 0 bridgehead atoms. The van der Waals surface area contributed by atoms with Crippen LogP contribution in [0.5, 0.6) is 6.01 Å². The molecule has 2 aliphatic rings. The van der Waals surface area contributed by atoms with Crippen LogP contribution in [0.3, 0.4) is 0 Å². The number of aromatic nitrogens is 2. The molecular formula is C20H23F2N3O4. The largest absolute Gasteiger partial charge is 0.403 e. The molecule has 0 saturated heterocycles. The van der Waals surface area contributed by atoms with Gasteiger partial charge in [0.05, 0.1) is 5.71 Å². The third-order valence-corrected chi connectivity index (χ3v) is 5.73. The lowest BCUT2D eigenvalue weighted by Crippen LogP contribution is -2.25. The van der Waals surface area contributed by atoms with Crippen molar-refractivity contribution in [2.24, 2.45) is 11.1 Å². The summed E-state index contributed by atoms with van der Waals surface area (Å²) in [5.74, 6) is -2.24. The second kappa shape index (κ2) is 8.04. The molecule has 2 heterocycles. The number of halogens is 2. The minimum absolute atomic E-state index is 0.0996. The van der Waals surface area contributed by atoms with Gasteiger partial charge in [-0.2, -0.15) is 4.98 Å². The lowest BCUT2D eigenvalue weighted by molar-refractivity contribution is -0.0185. The second-order valence-corrected chi connectivity index (χ2v) is 7.95. The lowest BCUT2D eigenvalue weighted by Gasteiger charge is -2.21. The third kappa shape index (κ3) is 4.71. The van der Waals surface area contributed by atoms with Gasteiger partial charge in [0, 0.05) is 18.9 Å². The molecule has 0 spiro atoms. The number of nitrogens with one attached hydrogen (secondary N) is 1. The van der Waals surface area contributed by atoms with E-state index in [0.29, 0.717) is 23.6 Å². The fraction of sp³-hybridized carbons (Fsp3) is 0.600. The molecule has 2 aromatic rings. The fourth-order valence-corrected chi connectivity index (χ4v) is 4.14. The van der Waals surface area contributed by atoms with Gasteiger partial charge in [-0.3, -0.25) is 9.78 Å². The van der Waals surface area contributed by atoms with Crippen LogP contribution in [-0.4, -0.2) is 21.6 Å². The van der Waals surface area contributed by atoms with E-state index in [1.807, 2.05) is 0 Å². The number of aromatic amines is 1. The van der Waals surface area contributed by atoms with Crippen molar-refractivity contribution >= 4 is 16.8 Å². The number of nitrogens with zero attached hydrogens (tertiary/aromatic N) is 2. The highest BCUT2D eigenvalue weighted by Gasteiger charge is 2.33. The Labute approximate surface area is 165 Å². The molecule has 7 nitrogen and oxygen atoms in total. The van der Waals surface area contributed by atoms with E-state index in [-0.39, 0.29) is 42.8 Å². The molecule has 2 aliphatic carbocycles. The fourth-order valence-electron chi connectivity index (χ4n) is 4.14. The first-order chi connectivity index (χ1) is 13.9. The van der Waals surface area contributed by atoms with Crippen molar-refractivity contribution in [3.05, 3.63) is 32.4 Å². The summed E-state index contributed by atoms with van der Waals surface area (Å²) in [6.45, 7) is 0. The molecule has 0 aliphatic heterocycles. The Kier molecular flexibility index (Phi) is 5.47. The molecule has 0 amide bonds. The Balaban J connectivity index is 1.58. The van der Waals surface area contributed by atoms with Gasteiger partial charge in [-0.05, 0) is 30.7 Å². The van der Waals surface area contributed by atoms with Crippen LogP contribution in [-0.2, 0) is 6.42 Å². The van der Waals surface area contributed by atoms with Crippen LogP contribution in [0.4, 0.5) is 8.78 Å². The highest BCUT2D eigenvalue weighted by Crippen LogP contribution is 2.32. The van der Waals surface area contributed by atoms with Crippen LogP contribution in [0, 0.1) is 5.92 Å². The van der Waals surface area contributed by atoms with Crippen molar-refractivity contribution in [1.82, 2.24) is 9.97 Å². The number of alkyl halides is 2. The molecule has 2 aromatic heterocycles. The normalized spacial score (nSPS) is 20.0. The monoisotopic (exact) mass is 407 g/mol. The maximum Gasteiger partial charge on any atom is 0.337 e. The van der Waals surface area contributed by atoms with E-state index in [1.165, 1.54) is 12.5 Å². The first-order valence-electron chi connectivity index (χ1n) is 10.1. The SMILES string of the molecule is O=c1cc(CC2CCCCC2)c2c(=O)[nH]c(ON=C3CCC(F)(F)CC3)nc2o1. The number of oxime groups is 1. The van der Waals surface area contributed by atoms with Crippen LogP contribution < -0.4 is 16.0 Å². The summed E-state index contributed by atoms with van der Waals surface area (Å²) in [6.07, 6.45) is 5.98. The van der Waals surface area contributed by atoms with Gasteiger partial charge in [-0.1, -0.05) is 37.3 Å². The average molecular weight is 407 g/mol. The van der Waals surface area contributed by atoms with Crippen LogP contribution in [0.2, 0.25) is 0 Å². The van der Waals surface area contributed by atoms with Crippen molar-refractivity contribution in [2.45, 2.75) is 70.1 Å². The van der Waals surface area contributed by atoms with Crippen LogP contribution in [0.25, 0.3) is 11.1 Å². The van der Waals surface area contributed by atoms with E-state index < -0.39 is 17.1 Å². The lowest BCUT2D eigenvalue weighted by atomic mass is 9.84. The highest BCUT2D eigenvalue weighted by atomic mass is 19.3. The predicted octanol–water partition coefficient (Wildman–Crippen LogP) is 3.94. The van der Waals surface area contributed by atoms with Gasteiger partial charge < -0.3 is 9.25 Å². The van der Waals surface area contributed by atoms with Crippen molar-refractivity contribution in [3.63, 3.8) is 0 Å². The van der Waals surface area contributed by atoms with Crippen molar-refractivity contribution in [1.29, 1.82) is 0 Å². The topological polar surface area (TPSA) is 97.5 Å². The average Bonchev–Trinajstić information content (AvgIpc) is 2.67. The summed E-state index contributed by atoms with van der Waals surface area (Å²) >= 11 is 0. The molecular weight excluding hydrogens is 384 g/mol. The number of hydrogen-bond donors (Lipinski definition) is 1. The first kappa shape index (κ1) is 19.7. The van der Waals surface area contributed by atoms with Gasteiger partial charge >= 0.3 is 11.6 Å². The van der Waals surface area contributed by atoms with Gasteiger partial charge in [-0.25, -0.2) is 13.6 Å². The smallest absolute Gasteiger partial charge is 0.337 e. The molecule has 156 valence electrons. The van der Waals surface area contributed by atoms with Gasteiger partial charge in [0.25, 0.3) is 5.56 Å². The van der Waals surface area contributed by atoms with E-state index in [4.69, 9.17) is 9.25 Å². The number of hydrogen-bond acceptors (Lipinski definition) is 6. The Hall–Kier alpha value is -2.58. The summed E-state index contributed by atoms with van der Waals surface area (Å²) in [5.41, 5.74) is -0.0454. The molecule has 9 heteroatoms. The summed E-state index contributed by atoms with van der Waals surface area (Å²) in [4.78, 5) is 36.3. The predicted molar refractivity (Wildman–Crippen MR) is 103 cm³/mol. The molecule has 0 unspecified atom stereocenters. The molecule has 2 saturated carbocycles. The van der Waals surface area contributed by atoms with Gasteiger partial charge in [-0.15, -0.1) is 0 Å². The van der Waals surface area contributed by atoms with Crippen molar-refractivity contribution < 1.29 is 18.0 Å². The van der Waals surface area contributed by atoms with Crippen LogP contribution in [0.15, 0.2) is 25.2 Å². The molecule has 1 N–H and O–H groups in total. The highest BCUT2D eigenvalue weighted by molar-refractivity contribution is 5.84. The van der Waals surface area contributed by atoms with E-state index in [2.05, 4.69) is 15.1 Å². The number of fused-ring (bicyclic) bond motifs is 1. The van der Waals surface area contributed by atoms with E-state index in [0.717, 1.165) is 25.7 Å². The summed E-state index contributed by atoms with van der Waals surface area (Å²) in [7, 11) is 0. The Morgan fingerprint density at radius 1 is 1.21 bits per heavy atom. The van der Waals surface area contributed by atoms with Gasteiger partial charge in [0.2, 0.25) is 11.6 Å². The van der Waals surface area contributed by atoms with Gasteiger partial charge in [0.15, 0.2) is 0 Å². The zero-order chi connectivity index (χ0) is 20.4. The Morgan fingerprint density at radius 2 is 1.93 bits per heavy atom. The van der Waals surface area contributed by atoms with Crippen LogP contribution in [0.1, 0.15) is 63.4 Å². The second-order valence-electron chi connectivity index (χ2n) is 7.95. The molecule has 29 heavy (non-hydrogen) atoms. The zero-order valence-corrected chi connectivity index (χ0v) is 16.0. The van der Waals surface area contributed by atoms with Gasteiger partial charge in [0.1, 0.15) is 5.39 Å². The quantitative estimate of drug-likeness (QED) is 0.774. The number of rotatable bonds is 4. The minimum atomic E-state index is -2.67. The maximum atomic E-state index is 13.2. The first-order valence-corrected chi connectivity index (χ1v) is 10.1. The summed E-state index contributed by atoms with van der Waals surface area (Å²) in [6, 6.07) is 1.13. The Morgan fingerprint density at radius 3 is 2.66 bits per heavy atom.